The molecule has 0 spiro atoms. The monoisotopic (exact) mass is 330 g/mol. The second-order valence-electron chi connectivity index (χ2n) is 4.29. The van der Waals surface area contributed by atoms with Crippen LogP contribution in [0.4, 0.5) is 5.69 Å². The molecule has 0 amide bonds. The van der Waals surface area contributed by atoms with Crippen LogP contribution in [-0.4, -0.2) is 24.7 Å². The molecule has 112 valence electrons. The van der Waals surface area contributed by atoms with Crippen LogP contribution in [0.2, 0.25) is 5.02 Å². The maximum Gasteiger partial charge on any atom is 0.337 e. The quantitative estimate of drug-likeness (QED) is 0.870. The standard InChI is InChI=1S/C12H11ClN2O5S/c1-7-4-9(14-20-7)6-21(18,19)15-8-2-3-11(13)10(5-8)12(16)17/h2-5,15H,6H2,1H3,(H,16,17). The molecule has 0 aliphatic carbocycles. The summed E-state index contributed by atoms with van der Waals surface area (Å²) < 4.78 is 31.0. The summed E-state index contributed by atoms with van der Waals surface area (Å²) in [5, 5.41) is 12.6. The van der Waals surface area contributed by atoms with Crippen molar-refractivity contribution in [3.63, 3.8) is 0 Å². The molecule has 21 heavy (non-hydrogen) atoms. The summed E-state index contributed by atoms with van der Waals surface area (Å²) in [6.45, 7) is 1.65. The summed E-state index contributed by atoms with van der Waals surface area (Å²) in [5.74, 6) is -1.12. The van der Waals surface area contributed by atoms with E-state index in [2.05, 4.69) is 9.88 Å². The van der Waals surface area contributed by atoms with E-state index in [-0.39, 0.29) is 27.7 Å². The predicted molar refractivity (Wildman–Crippen MR) is 75.9 cm³/mol. The number of nitrogens with zero attached hydrogens (tertiary/aromatic N) is 1. The Morgan fingerprint density at radius 1 is 1.43 bits per heavy atom. The van der Waals surface area contributed by atoms with Crippen molar-refractivity contribution in [1.82, 2.24) is 5.16 Å². The van der Waals surface area contributed by atoms with Crippen molar-refractivity contribution in [3.05, 3.63) is 46.3 Å². The van der Waals surface area contributed by atoms with Crippen LogP contribution in [0.25, 0.3) is 0 Å². The van der Waals surface area contributed by atoms with Crippen LogP contribution >= 0.6 is 11.6 Å². The first-order valence-corrected chi connectivity index (χ1v) is 7.75. The third kappa shape index (κ3) is 3.96. The molecule has 1 aromatic carbocycles. The summed E-state index contributed by atoms with van der Waals surface area (Å²) in [7, 11) is -3.74. The summed E-state index contributed by atoms with van der Waals surface area (Å²) in [5.41, 5.74) is 0.179. The smallest absolute Gasteiger partial charge is 0.337 e. The Hall–Kier alpha value is -2.06. The maximum atomic E-state index is 12.0. The molecule has 7 nitrogen and oxygen atoms in total. The number of hydrogen-bond acceptors (Lipinski definition) is 5. The zero-order valence-corrected chi connectivity index (χ0v) is 12.4. The Balaban J connectivity index is 2.20. The number of nitrogens with one attached hydrogen (secondary N) is 1. The lowest BCUT2D eigenvalue weighted by atomic mass is 10.2. The van der Waals surface area contributed by atoms with Gasteiger partial charge in [0.25, 0.3) is 0 Å². The number of benzene rings is 1. The lowest BCUT2D eigenvalue weighted by Crippen LogP contribution is -2.15. The van der Waals surface area contributed by atoms with Gasteiger partial charge in [0.15, 0.2) is 0 Å². The molecule has 2 N–H and O–H groups in total. The molecule has 0 radical (unpaired) electrons. The third-order valence-corrected chi connectivity index (χ3v) is 4.04. The van der Waals surface area contributed by atoms with E-state index in [1.807, 2.05) is 0 Å². The van der Waals surface area contributed by atoms with Crippen molar-refractivity contribution >= 4 is 33.3 Å². The Labute approximate surface area is 125 Å². The topological polar surface area (TPSA) is 110 Å². The molecular formula is C12H11ClN2O5S. The zero-order valence-electron chi connectivity index (χ0n) is 10.8. The van der Waals surface area contributed by atoms with Gasteiger partial charge in [-0.05, 0) is 25.1 Å². The van der Waals surface area contributed by atoms with Crippen molar-refractivity contribution < 1.29 is 22.8 Å². The molecule has 0 unspecified atom stereocenters. The highest BCUT2D eigenvalue weighted by Gasteiger charge is 2.16. The van der Waals surface area contributed by atoms with Crippen molar-refractivity contribution in [2.45, 2.75) is 12.7 Å². The first-order valence-electron chi connectivity index (χ1n) is 5.72. The van der Waals surface area contributed by atoms with Crippen molar-refractivity contribution in [2.75, 3.05) is 4.72 Å². The van der Waals surface area contributed by atoms with E-state index >= 15 is 0 Å². The normalized spacial score (nSPS) is 11.3. The number of rotatable bonds is 5. The van der Waals surface area contributed by atoms with Gasteiger partial charge in [0, 0.05) is 11.8 Å². The number of carboxylic acid groups (broad SMARTS) is 1. The van der Waals surface area contributed by atoms with Crippen LogP contribution < -0.4 is 4.72 Å². The number of aromatic carboxylic acids is 1. The van der Waals surface area contributed by atoms with Crippen LogP contribution in [0.5, 0.6) is 0 Å². The SMILES string of the molecule is Cc1cc(CS(=O)(=O)Nc2ccc(Cl)c(C(=O)O)c2)no1. The van der Waals surface area contributed by atoms with Gasteiger partial charge in [-0.25, -0.2) is 13.2 Å². The van der Waals surface area contributed by atoms with Crippen molar-refractivity contribution in [3.8, 4) is 0 Å². The summed E-state index contributed by atoms with van der Waals surface area (Å²) in [6.07, 6.45) is 0. The Morgan fingerprint density at radius 2 is 2.14 bits per heavy atom. The molecule has 0 fully saturated rings. The number of aryl methyl sites for hydroxylation is 1. The Morgan fingerprint density at radius 3 is 2.71 bits per heavy atom. The Kier molecular flexibility index (Phi) is 4.19. The highest BCUT2D eigenvalue weighted by atomic mass is 35.5. The number of hydrogen-bond donors (Lipinski definition) is 2. The molecule has 1 heterocycles. The number of sulfonamides is 1. The van der Waals surface area contributed by atoms with E-state index in [0.29, 0.717) is 5.76 Å². The lowest BCUT2D eigenvalue weighted by molar-refractivity contribution is 0.0697. The van der Waals surface area contributed by atoms with Crippen LogP contribution in [0.15, 0.2) is 28.8 Å². The van der Waals surface area contributed by atoms with Gasteiger partial charge in [0.2, 0.25) is 10.0 Å². The van der Waals surface area contributed by atoms with Gasteiger partial charge in [-0.15, -0.1) is 0 Å². The van der Waals surface area contributed by atoms with Gasteiger partial charge >= 0.3 is 5.97 Å². The largest absolute Gasteiger partial charge is 0.478 e. The highest BCUT2D eigenvalue weighted by molar-refractivity contribution is 7.91. The van der Waals surface area contributed by atoms with Gasteiger partial charge in [-0.3, -0.25) is 4.72 Å². The van der Waals surface area contributed by atoms with Crippen LogP contribution in [0.1, 0.15) is 21.8 Å². The molecule has 0 aliphatic rings. The average Bonchev–Trinajstić information content (AvgIpc) is 2.75. The van der Waals surface area contributed by atoms with Crippen LogP contribution in [-0.2, 0) is 15.8 Å². The number of halogens is 1. The fourth-order valence-corrected chi connectivity index (χ4v) is 2.93. The predicted octanol–water partition coefficient (Wildman–Crippen LogP) is 2.28. The second kappa shape index (κ2) is 5.74. The molecule has 1 aromatic heterocycles. The number of anilines is 1. The maximum absolute atomic E-state index is 12.0. The van der Waals surface area contributed by atoms with E-state index in [1.54, 1.807) is 6.92 Å². The first-order chi connectivity index (χ1) is 9.77. The minimum absolute atomic E-state index is 0.0255. The van der Waals surface area contributed by atoms with Crippen molar-refractivity contribution in [1.29, 1.82) is 0 Å². The van der Waals surface area contributed by atoms with Crippen LogP contribution in [0, 0.1) is 6.92 Å². The Bertz CT molecular complexity index is 785. The molecule has 2 rings (SSSR count). The fourth-order valence-electron chi connectivity index (χ4n) is 1.65. The van der Waals surface area contributed by atoms with E-state index in [9.17, 15) is 13.2 Å². The van der Waals surface area contributed by atoms with E-state index in [1.165, 1.54) is 18.2 Å². The number of carboxylic acids is 1. The fraction of sp³-hybridized carbons (Fsp3) is 0.167. The molecule has 9 heteroatoms. The zero-order chi connectivity index (χ0) is 15.6. The molecule has 0 saturated heterocycles. The molecule has 0 bridgehead atoms. The van der Waals surface area contributed by atoms with Gasteiger partial charge in [0.05, 0.1) is 10.6 Å². The van der Waals surface area contributed by atoms with Crippen molar-refractivity contribution in [2.24, 2.45) is 0 Å². The molecule has 2 aromatic rings. The number of carbonyl (C=O) groups is 1. The first kappa shape index (κ1) is 15.3. The lowest BCUT2D eigenvalue weighted by Gasteiger charge is -2.08. The highest BCUT2D eigenvalue weighted by Crippen LogP contribution is 2.22. The summed E-state index contributed by atoms with van der Waals surface area (Å²) in [4.78, 5) is 10.9. The minimum atomic E-state index is -3.74. The van der Waals surface area contributed by atoms with Crippen LogP contribution in [0.3, 0.4) is 0 Å². The molecule has 0 aliphatic heterocycles. The summed E-state index contributed by atoms with van der Waals surface area (Å²) in [6, 6.07) is 5.34. The number of aromatic nitrogens is 1. The molecule has 0 saturated carbocycles. The third-order valence-electron chi connectivity index (χ3n) is 2.48. The van der Waals surface area contributed by atoms with E-state index in [0.717, 1.165) is 6.07 Å². The minimum Gasteiger partial charge on any atom is -0.478 e. The summed E-state index contributed by atoms with van der Waals surface area (Å²) >= 11 is 5.71. The van der Waals surface area contributed by atoms with E-state index < -0.39 is 16.0 Å². The van der Waals surface area contributed by atoms with Gasteiger partial charge in [-0.2, -0.15) is 0 Å². The molecule has 0 atom stereocenters. The second-order valence-corrected chi connectivity index (χ2v) is 6.42. The average molecular weight is 331 g/mol. The van der Waals surface area contributed by atoms with Gasteiger partial charge in [-0.1, -0.05) is 16.8 Å². The molecular weight excluding hydrogens is 320 g/mol. The van der Waals surface area contributed by atoms with E-state index in [4.69, 9.17) is 21.2 Å². The van der Waals surface area contributed by atoms with Gasteiger partial charge in [0.1, 0.15) is 17.2 Å². The van der Waals surface area contributed by atoms with Gasteiger partial charge < -0.3 is 9.63 Å².